The van der Waals surface area contributed by atoms with Gasteiger partial charge in [0.15, 0.2) is 11.0 Å². The number of nitrogens with one attached hydrogen (secondary N) is 1. The van der Waals surface area contributed by atoms with E-state index in [9.17, 15) is 4.39 Å². The third-order valence-corrected chi connectivity index (χ3v) is 1.73. The minimum atomic E-state index is -0.492. The Morgan fingerprint density at radius 1 is 1.69 bits per heavy atom. The van der Waals surface area contributed by atoms with Crippen molar-refractivity contribution in [2.75, 3.05) is 13.6 Å². The maximum Gasteiger partial charge on any atom is 0.164 e. The van der Waals surface area contributed by atoms with Gasteiger partial charge in [-0.15, -0.1) is 0 Å². The zero-order valence-corrected chi connectivity index (χ0v) is 7.98. The van der Waals surface area contributed by atoms with Crippen LogP contribution in [0.4, 0.5) is 4.39 Å². The van der Waals surface area contributed by atoms with Crippen molar-refractivity contribution in [3.05, 3.63) is 34.9 Å². The topological polar surface area (TPSA) is 24.9 Å². The Bertz CT molecular complexity index is 312. The molecule has 0 spiro atoms. The first-order chi connectivity index (χ1) is 6.24. The summed E-state index contributed by atoms with van der Waals surface area (Å²) in [6, 6.07) is 1.35. The van der Waals surface area contributed by atoms with Crippen LogP contribution in [0.5, 0.6) is 0 Å². The molecule has 1 N–H and O–H groups in total. The van der Waals surface area contributed by atoms with Crippen molar-refractivity contribution >= 4 is 17.7 Å². The van der Waals surface area contributed by atoms with Crippen molar-refractivity contribution in [2.45, 2.75) is 0 Å². The minimum Gasteiger partial charge on any atom is -0.316 e. The van der Waals surface area contributed by atoms with E-state index in [0.717, 1.165) is 6.54 Å². The van der Waals surface area contributed by atoms with Gasteiger partial charge in [0.2, 0.25) is 0 Å². The van der Waals surface area contributed by atoms with Crippen LogP contribution in [0.15, 0.2) is 18.3 Å². The van der Waals surface area contributed by atoms with Crippen LogP contribution in [0.2, 0.25) is 5.15 Å². The molecule has 0 aromatic carbocycles. The smallest absolute Gasteiger partial charge is 0.164 e. The van der Waals surface area contributed by atoms with Crippen LogP contribution in [0.25, 0.3) is 6.08 Å². The van der Waals surface area contributed by atoms with E-state index in [1.807, 2.05) is 13.1 Å². The molecule has 13 heavy (non-hydrogen) atoms. The van der Waals surface area contributed by atoms with Gasteiger partial charge in [-0.3, -0.25) is 0 Å². The Kier molecular flexibility index (Phi) is 3.86. The molecule has 1 rings (SSSR count). The van der Waals surface area contributed by atoms with E-state index in [4.69, 9.17) is 11.6 Å². The summed E-state index contributed by atoms with van der Waals surface area (Å²) in [5.41, 5.74) is 0.706. The van der Waals surface area contributed by atoms with E-state index >= 15 is 0 Å². The van der Waals surface area contributed by atoms with Gasteiger partial charge in [0.1, 0.15) is 0 Å². The second-order valence-electron chi connectivity index (χ2n) is 2.50. The lowest BCUT2D eigenvalue weighted by Crippen LogP contribution is -2.03. The lowest BCUT2D eigenvalue weighted by Gasteiger charge is -1.95. The van der Waals surface area contributed by atoms with Crippen LogP contribution < -0.4 is 5.32 Å². The van der Waals surface area contributed by atoms with Crippen LogP contribution in [-0.4, -0.2) is 18.6 Å². The molecule has 0 saturated carbocycles. The number of nitrogens with zero attached hydrogens (tertiary/aromatic N) is 1. The van der Waals surface area contributed by atoms with E-state index in [1.165, 1.54) is 12.3 Å². The second kappa shape index (κ2) is 4.94. The summed E-state index contributed by atoms with van der Waals surface area (Å²) in [6.07, 6.45) is 5.19. The van der Waals surface area contributed by atoms with E-state index in [1.54, 1.807) is 6.08 Å². The maximum atomic E-state index is 12.8. The summed E-state index contributed by atoms with van der Waals surface area (Å²) in [4.78, 5) is 3.68. The first kappa shape index (κ1) is 10.2. The molecular weight excluding hydrogens is 191 g/mol. The Morgan fingerprint density at radius 3 is 3.08 bits per heavy atom. The standard InChI is InChI=1S/C9H10ClFN2/c1-12-4-2-3-7-5-8(11)9(10)13-6-7/h2-3,5-6,12H,4H2,1H3. The SMILES string of the molecule is CNCC=Cc1cnc(Cl)c(F)c1. The molecule has 1 heterocycles. The van der Waals surface area contributed by atoms with Gasteiger partial charge >= 0.3 is 0 Å². The predicted octanol–water partition coefficient (Wildman–Crippen LogP) is 2.11. The van der Waals surface area contributed by atoms with Crippen LogP contribution >= 0.6 is 11.6 Å². The summed E-state index contributed by atoms with van der Waals surface area (Å²) >= 11 is 5.42. The van der Waals surface area contributed by atoms with Crippen LogP contribution in [0.3, 0.4) is 0 Å². The molecule has 0 aliphatic carbocycles. The lowest BCUT2D eigenvalue weighted by molar-refractivity contribution is 0.621. The molecule has 0 unspecified atom stereocenters. The fourth-order valence-electron chi connectivity index (χ4n) is 0.840. The summed E-state index contributed by atoms with van der Waals surface area (Å²) in [6.45, 7) is 0.740. The van der Waals surface area contributed by atoms with Gasteiger partial charge in [-0.05, 0) is 18.7 Å². The molecule has 0 amide bonds. The van der Waals surface area contributed by atoms with Gasteiger partial charge in [0.05, 0.1) is 0 Å². The summed E-state index contributed by atoms with van der Waals surface area (Å²) in [5, 5.41) is 2.85. The predicted molar refractivity (Wildman–Crippen MR) is 52.2 cm³/mol. The van der Waals surface area contributed by atoms with Gasteiger partial charge in [-0.25, -0.2) is 9.37 Å². The molecule has 2 nitrogen and oxygen atoms in total. The van der Waals surface area contributed by atoms with E-state index in [2.05, 4.69) is 10.3 Å². The number of aromatic nitrogens is 1. The number of halogens is 2. The van der Waals surface area contributed by atoms with Crippen molar-refractivity contribution in [3.8, 4) is 0 Å². The molecule has 0 bridgehead atoms. The largest absolute Gasteiger partial charge is 0.316 e. The first-order valence-corrected chi connectivity index (χ1v) is 4.24. The van der Waals surface area contributed by atoms with Crippen molar-refractivity contribution in [1.82, 2.24) is 10.3 Å². The van der Waals surface area contributed by atoms with Gasteiger partial charge in [-0.1, -0.05) is 23.8 Å². The molecule has 0 fully saturated rings. The van der Waals surface area contributed by atoms with Gasteiger partial charge < -0.3 is 5.32 Å². The molecular formula is C9H10ClFN2. The average molecular weight is 201 g/mol. The van der Waals surface area contributed by atoms with E-state index < -0.39 is 5.82 Å². The van der Waals surface area contributed by atoms with Crippen molar-refractivity contribution in [2.24, 2.45) is 0 Å². The highest BCUT2D eigenvalue weighted by molar-refractivity contribution is 6.29. The number of pyridine rings is 1. The highest BCUT2D eigenvalue weighted by atomic mass is 35.5. The molecule has 0 aliphatic heterocycles. The molecule has 4 heteroatoms. The van der Waals surface area contributed by atoms with Crippen molar-refractivity contribution in [1.29, 1.82) is 0 Å². The quantitative estimate of drug-likeness (QED) is 0.756. The molecule has 0 radical (unpaired) electrons. The number of hydrogen-bond donors (Lipinski definition) is 1. The Morgan fingerprint density at radius 2 is 2.46 bits per heavy atom. The van der Waals surface area contributed by atoms with Crippen molar-refractivity contribution < 1.29 is 4.39 Å². The summed E-state index contributed by atoms with van der Waals surface area (Å²) in [5.74, 6) is -0.492. The second-order valence-corrected chi connectivity index (χ2v) is 2.86. The normalized spacial score (nSPS) is 11.0. The van der Waals surface area contributed by atoms with Crippen molar-refractivity contribution in [3.63, 3.8) is 0 Å². The monoisotopic (exact) mass is 200 g/mol. The van der Waals surface area contributed by atoms with E-state index in [0.29, 0.717) is 5.56 Å². The van der Waals surface area contributed by atoms with Crippen LogP contribution in [-0.2, 0) is 0 Å². The van der Waals surface area contributed by atoms with Gasteiger partial charge in [-0.2, -0.15) is 0 Å². The molecule has 0 saturated heterocycles. The highest BCUT2D eigenvalue weighted by Gasteiger charge is 1.99. The Hall–Kier alpha value is -0.930. The molecule has 0 aliphatic rings. The number of hydrogen-bond acceptors (Lipinski definition) is 2. The number of likely N-dealkylation sites (N-methyl/N-ethyl adjacent to an activating group) is 1. The minimum absolute atomic E-state index is 0.0919. The van der Waals surface area contributed by atoms with Crippen LogP contribution in [0.1, 0.15) is 5.56 Å². The molecule has 70 valence electrons. The first-order valence-electron chi connectivity index (χ1n) is 3.86. The van der Waals surface area contributed by atoms with Gasteiger partial charge in [0.25, 0.3) is 0 Å². The van der Waals surface area contributed by atoms with Gasteiger partial charge in [0, 0.05) is 12.7 Å². The zero-order valence-electron chi connectivity index (χ0n) is 7.22. The third-order valence-electron chi connectivity index (χ3n) is 1.45. The molecule has 1 aromatic rings. The summed E-state index contributed by atoms with van der Waals surface area (Å²) < 4.78 is 12.8. The third kappa shape index (κ3) is 3.13. The Labute approximate surface area is 81.4 Å². The molecule has 1 aromatic heterocycles. The fraction of sp³-hybridized carbons (Fsp3) is 0.222. The average Bonchev–Trinajstić information content (AvgIpc) is 2.12. The Balaban J connectivity index is 2.73. The molecule has 0 atom stereocenters. The number of rotatable bonds is 3. The summed E-state index contributed by atoms with van der Waals surface area (Å²) in [7, 11) is 1.84. The maximum absolute atomic E-state index is 12.8. The highest BCUT2D eigenvalue weighted by Crippen LogP contribution is 2.12. The van der Waals surface area contributed by atoms with E-state index in [-0.39, 0.29) is 5.15 Å². The van der Waals surface area contributed by atoms with Crippen LogP contribution in [0, 0.1) is 5.82 Å². The zero-order chi connectivity index (χ0) is 9.68. The lowest BCUT2D eigenvalue weighted by atomic mass is 10.2. The fourth-order valence-corrected chi connectivity index (χ4v) is 0.943.